The SMILES string of the molecule is N#Cc1cc(C(=O)NCC(=O)N2CCN(c3ccc(OCc4ccccc4)cc3)CC2)ccc1F. The molecule has 0 atom stereocenters. The van der Waals surface area contributed by atoms with Crippen LogP contribution in [0.5, 0.6) is 5.75 Å². The predicted octanol–water partition coefficient (Wildman–Crippen LogP) is 3.35. The Kier molecular flexibility index (Phi) is 7.58. The van der Waals surface area contributed by atoms with E-state index in [1.165, 1.54) is 12.1 Å². The number of halogens is 1. The van der Waals surface area contributed by atoms with E-state index in [0.717, 1.165) is 23.1 Å². The van der Waals surface area contributed by atoms with Crippen molar-refractivity contribution in [3.05, 3.63) is 95.3 Å². The summed E-state index contributed by atoms with van der Waals surface area (Å²) in [5.41, 5.74) is 2.09. The highest BCUT2D eigenvalue weighted by Crippen LogP contribution is 2.21. The highest BCUT2D eigenvalue weighted by atomic mass is 19.1. The monoisotopic (exact) mass is 472 g/mol. The lowest BCUT2D eigenvalue weighted by Gasteiger charge is -2.36. The van der Waals surface area contributed by atoms with Gasteiger partial charge in [-0.3, -0.25) is 9.59 Å². The first-order valence-electron chi connectivity index (χ1n) is 11.3. The Morgan fingerprint density at radius 2 is 1.69 bits per heavy atom. The van der Waals surface area contributed by atoms with Gasteiger partial charge in [0.05, 0.1) is 12.1 Å². The number of nitrogens with zero attached hydrogens (tertiary/aromatic N) is 3. The molecule has 0 radical (unpaired) electrons. The van der Waals surface area contributed by atoms with Gasteiger partial charge >= 0.3 is 0 Å². The Labute approximate surface area is 203 Å². The van der Waals surface area contributed by atoms with Crippen LogP contribution >= 0.6 is 0 Å². The van der Waals surface area contributed by atoms with Crippen molar-refractivity contribution < 1.29 is 18.7 Å². The van der Waals surface area contributed by atoms with Gasteiger partial charge in [-0.05, 0) is 48.0 Å². The molecule has 2 amide bonds. The van der Waals surface area contributed by atoms with Crippen LogP contribution in [0.3, 0.4) is 0 Å². The van der Waals surface area contributed by atoms with Crippen LogP contribution in [0.1, 0.15) is 21.5 Å². The fraction of sp³-hybridized carbons (Fsp3) is 0.222. The van der Waals surface area contributed by atoms with Crippen LogP contribution in [0.15, 0.2) is 72.8 Å². The molecular weight excluding hydrogens is 447 g/mol. The smallest absolute Gasteiger partial charge is 0.251 e. The van der Waals surface area contributed by atoms with Crippen LogP contribution in [0.25, 0.3) is 0 Å². The Hall–Kier alpha value is -4.38. The number of anilines is 1. The number of nitrogens with one attached hydrogen (secondary N) is 1. The van der Waals surface area contributed by atoms with E-state index >= 15 is 0 Å². The fourth-order valence-electron chi connectivity index (χ4n) is 3.83. The molecule has 0 bridgehead atoms. The van der Waals surface area contributed by atoms with Crippen molar-refractivity contribution in [3.63, 3.8) is 0 Å². The summed E-state index contributed by atoms with van der Waals surface area (Å²) >= 11 is 0. The number of hydrogen-bond donors (Lipinski definition) is 1. The molecule has 7 nitrogen and oxygen atoms in total. The predicted molar refractivity (Wildman–Crippen MR) is 129 cm³/mol. The zero-order valence-electron chi connectivity index (χ0n) is 19.1. The molecule has 0 unspecified atom stereocenters. The number of nitriles is 1. The lowest BCUT2D eigenvalue weighted by molar-refractivity contribution is -0.130. The lowest BCUT2D eigenvalue weighted by atomic mass is 10.1. The summed E-state index contributed by atoms with van der Waals surface area (Å²) in [6.07, 6.45) is 0. The summed E-state index contributed by atoms with van der Waals surface area (Å²) in [7, 11) is 0. The number of hydrogen-bond acceptors (Lipinski definition) is 5. The molecule has 8 heteroatoms. The van der Waals surface area contributed by atoms with Crippen molar-refractivity contribution in [1.29, 1.82) is 5.26 Å². The molecule has 4 rings (SSSR count). The summed E-state index contributed by atoms with van der Waals surface area (Å²) in [4.78, 5) is 28.7. The molecule has 0 aromatic heterocycles. The highest BCUT2D eigenvalue weighted by Gasteiger charge is 2.22. The number of amides is 2. The standard InChI is InChI=1S/C27H25FN4O3/c28-25-11-6-21(16-22(25)17-29)27(34)30-18-26(33)32-14-12-31(13-15-32)23-7-9-24(10-8-23)35-19-20-4-2-1-3-5-20/h1-11,16H,12-15,18-19H2,(H,30,34). The van der Waals surface area contributed by atoms with Gasteiger partial charge in [0, 0.05) is 37.4 Å². The minimum Gasteiger partial charge on any atom is -0.489 e. The highest BCUT2D eigenvalue weighted by molar-refractivity contribution is 5.96. The molecule has 1 saturated heterocycles. The molecule has 3 aromatic carbocycles. The molecule has 178 valence electrons. The molecule has 0 aliphatic carbocycles. The second-order valence-electron chi connectivity index (χ2n) is 8.13. The quantitative estimate of drug-likeness (QED) is 0.570. The minimum atomic E-state index is -0.688. The maximum Gasteiger partial charge on any atom is 0.251 e. The molecule has 1 fully saturated rings. The van der Waals surface area contributed by atoms with E-state index in [4.69, 9.17) is 10.00 Å². The Morgan fingerprint density at radius 3 is 2.37 bits per heavy atom. The first-order chi connectivity index (χ1) is 17.0. The number of carbonyl (C=O) groups is 2. The lowest BCUT2D eigenvalue weighted by Crippen LogP contribution is -2.51. The summed E-state index contributed by atoms with van der Waals surface area (Å²) in [5.74, 6) is -0.606. The maximum atomic E-state index is 13.4. The van der Waals surface area contributed by atoms with Crippen molar-refractivity contribution >= 4 is 17.5 Å². The van der Waals surface area contributed by atoms with E-state index < -0.39 is 11.7 Å². The fourth-order valence-corrected chi connectivity index (χ4v) is 3.83. The van der Waals surface area contributed by atoms with E-state index in [0.29, 0.717) is 32.8 Å². The van der Waals surface area contributed by atoms with Crippen LogP contribution in [0.2, 0.25) is 0 Å². The summed E-state index contributed by atoms with van der Waals surface area (Å²) < 4.78 is 19.3. The third kappa shape index (κ3) is 6.15. The average molecular weight is 473 g/mol. The normalized spacial score (nSPS) is 13.1. The average Bonchev–Trinajstić information content (AvgIpc) is 2.91. The van der Waals surface area contributed by atoms with Gasteiger partial charge in [-0.15, -0.1) is 0 Å². The van der Waals surface area contributed by atoms with E-state index in [1.54, 1.807) is 11.0 Å². The molecule has 1 N–H and O–H groups in total. The van der Waals surface area contributed by atoms with Crippen molar-refractivity contribution in [2.24, 2.45) is 0 Å². The molecule has 1 aliphatic rings. The zero-order valence-corrected chi connectivity index (χ0v) is 19.1. The van der Waals surface area contributed by atoms with Crippen molar-refractivity contribution in [2.75, 3.05) is 37.6 Å². The third-order valence-electron chi connectivity index (χ3n) is 5.83. The summed E-state index contributed by atoms with van der Waals surface area (Å²) in [5, 5.41) is 11.5. The van der Waals surface area contributed by atoms with Crippen molar-refractivity contribution in [3.8, 4) is 11.8 Å². The van der Waals surface area contributed by atoms with Gasteiger partial charge in [0.2, 0.25) is 5.91 Å². The Balaban J connectivity index is 1.22. The maximum absolute atomic E-state index is 13.4. The Morgan fingerprint density at radius 1 is 0.971 bits per heavy atom. The van der Waals surface area contributed by atoms with Crippen LogP contribution in [0, 0.1) is 17.1 Å². The van der Waals surface area contributed by atoms with Crippen LogP contribution < -0.4 is 15.0 Å². The molecule has 0 saturated carbocycles. The Bertz CT molecular complexity index is 1220. The van der Waals surface area contributed by atoms with Gasteiger partial charge in [0.25, 0.3) is 5.91 Å². The van der Waals surface area contributed by atoms with Crippen LogP contribution in [-0.2, 0) is 11.4 Å². The van der Waals surface area contributed by atoms with E-state index in [-0.39, 0.29) is 23.6 Å². The van der Waals surface area contributed by atoms with E-state index in [9.17, 15) is 14.0 Å². The first kappa shape index (κ1) is 23.8. The molecule has 1 aliphatic heterocycles. The molecule has 1 heterocycles. The minimum absolute atomic E-state index is 0.136. The molecular formula is C27H25FN4O3. The first-order valence-corrected chi connectivity index (χ1v) is 11.3. The van der Waals surface area contributed by atoms with Crippen LogP contribution in [0.4, 0.5) is 10.1 Å². The molecule has 3 aromatic rings. The van der Waals surface area contributed by atoms with Crippen molar-refractivity contribution in [2.45, 2.75) is 6.61 Å². The summed E-state index contributed by atoms with van der Waals surface area (Å²) in [6, 6.07) is 23.1. The van der Waals surface area contributed by atoms with Gasteiger partial charge in [0.1, 0.15) is 24.2 Å². The van der Waals surface area contributed by atoms with Gasteiger partial charge in [-0.1, -0.05) is 30.3 Å². The van der Waals surface area contributed by atoms with Gasteiger partial charge in [-0.25, -0.2) is 4.39 Å². The largest absolute Gasteiger partial charge is 0.489 e. The van der Waals surface area contributed by atoms with Gasteiger partial charge in [-0.2, -0.15) is 5.26 Å². The van der Waals surface area contributed by atoms with Gasteiger partial charge < -0.3 is 19.9 Å². The number of ether oxygens (including phenoxy) is 1. The topological polar surface area (TPSA) is 85.7 Å². The van der Waals surface area contributed by atoms with E-state index in [1.807, 2.05) is 54.6 Å². The zero-order chi connectivity index (χ0) is 24.6. The van der Waals surface area contributed by atoms with Gasteiger partial charge in [0.15, 0.2) is 0 Å². The van der Waals surface area contributed by atoms with E-state index in [2.05, 4.69) is 10.2 Å². The number of rotatable bonds is 7. The van der Waals surface area contributed by atoms with Crippen molar-refractivity contribution in [1.82, 2.24) is 10.2 Å². The third-order valence-corrected chi connectivity index (χ3v) is 5.83. The molecule has 0 spiro atoms. The second-order valence-corrected chi connectivity index (χ2v) is 8.13. The second kappa shape index (κ2) is 11.2. The molecule has 35 heavy (non-hydrogen) atoms. The number of piperazine rings is 1. The number of benzene rings is 3. The summed E-state index contributed by atoms with van der Waals surface area (Å²) in [6.45, 7) is 2.77. The van der Waals surface area contributed by atoms with Crippen LogP contribution in [-0.4, -0.2) is 49.4 Å². The number of carbonyl (C=O) groups excluding carboxylic acids is 2.